The maximum absolute atomic E-state index is 3.94. The molecule has 1 nitrogen and oxygen atoms in total. The predicted molar refractivity (Wildman–Crippen MR) is 44.7 cm³/mol. The van der Waals surface area contributed by atoms with Gasteiger partial charge in [-0.25, -0.2) is 0 Å². The Morgan fingerprint density at radius 1 is 1.30 bits per heavy atom. The fourth-order valence-corrected chi connectivity index (χ4v) is 0.871. The molecule has 0 saturated carbocycles. The fourth-order valence-electron chi connectivity index (χ4n) is 0.871. The monoisotopic (exact) mass is 133 g/mol. The minimum atomic E-state index is 1.20. The molecule has 0 N–H and O–H groups in total. The van der Waals surface area contributed by atoms with Gasteiger partial charge in [0.2, 0.25) is 0 Å². The van der Waals surface area contributed by atoms with Crippen LogP contribution in [0, 0.1) is 6.92 Å². The molecule has 0 radical (unpaired) electrons. The van der Waals surface area contributed by atoms with Crippen LogP contribution in [0.5, 0.6) is 0 Å². The third-order valence-electron chi connectivity index (χ3n) is 1.46. The summed E-state index contributed by atoms with van der Waals surface area (Å²) in [6, 6.07) is 8.19. The number of rotatable bonds is 1. The first-order chi connectivity index (χ1) is 4.84. The molecule has 0 aliphatic rings. The van der Waals surface area contributed by atoms with Crippen molar-refractivity contribution in [1.82, 2.24) is 0 Å². The average molecular weight is 133 g/mol. The molecule has 1 heteroatoms. The van der Waals surface area contributed by atoms with Gasteiger partial charge in [-0.1, -0.05) is 24.3 Å². The zero-order valence-electron chi connectivity index (χ0n) is 6.33. The molecular formula is C9H11N. The summed E-state index contributed by atoms with van der Waals surface area (Å²) < 4.78 is 0. The smallest absolute Gasteiger partial charge is 0.0284 e. The van der Waals surface area contributed by atoms with Crippen molar-refractivity contribution in [2.24, 2.45) is 4.99 Å². The van der Waals surface area contributed by atoms with Crippen LogP contribution in [0.2, 0.25) is 0 Å². The second-order valence-corrected chi connectivity index (χ2v) is 2.24. The van der Waals surface area contributed by atoms with Crippen molar-refractivity contribution in [3.8, 4) is 0 Å². The lowest BCUT2D eigenvalue weighted by atomic mass is 10.1. The number of aryl methyl sites for hydroxylation is 1. The molecule has 0 aliphatic carbocycles. The van der Waals surface area contributed by atoms with Crippen molar-refractivity contribution < 1.29 is 0 Å². The summed E-state index contributed by atoms with van der Waals surface area (Å²) in [5.74, 6) is 0. The lowest BCUT2D eigenvalue weighted by Gasteiger charge is -1.95. The lowest BCUT2D eigenvalue weighted by Crippen LogP contribution is -1.84. The van der Waals surface area contributed by atoms with Gasteiger partial charge in [-0.15, -0.1) is 0 Å². The first kappa shape index (κ1) is 7.00. The molecule has 0 bridgehead atoms. The normalized spacial score (nSPS) is 10.6. The largest absolute Gasteiger partial charge is 0.296 e. The summed E-state index contributed by atoms with van der Waals surface area (Å²) in [6.07, 6.45) is 1.87. The van der Waals surface area contributed by atoms with E-state index in [4.69, 9.17) is 0 Å². The van der Waals surface area contributed by atoms with Crippen LogP contribution in [0.3, 0.4) is 0 Å². The zero-order valence-corrected chi connectivity index (χ0v) is 6.33. The second-order valence-electron chi connectivity index (χ2n) is 2.24. The first-order valence-corrected chi connectivity index (χ1v) is 3.32. The highest BCUT2D eigenvalue weighted by Crippen LogP contribution is 2.02. The van der Waals surface area contributed by atoms with Gasteiger partial charge in [0.1, 0.15) is 0 Å². The molecule has 0 unspecified atom stereocenters. The van der Waals surface area contributed by atoms with Gasteiger partial charge in [-0.05, 0) is 18.1 Å². The molecule has 0 aromatic heterocycles. The Kier molecular flexibility index (Phi) is 2.21. The molecule has 1 aromatic rings. The second kappa shape index (κ2) is 3.16. The molecule has 0 heterocycles. The Morgan fingerprint density at radius 3 is 2.60 bits per heavy atom. The number of benzene rings is 1. The summed E-state index contributed by atoms with van der Waals surface area (Å²) in [7, 11) is 1.78. The van der Waals surface area contributed by atoms with E-state index >= 15 is 0 Å². The van der Waals surface area contributed by atoms with E-state index in [1.165, 1.54) is 11.1 Å². The van der Waals surface area contributed by atoms with Gasteiger partial charge in [0.25, 0.3) is 0 Å². The van der Waals surface area contributed by atoms with Gasteiger partial charge >= 0.3 is 0 Å². The molecule has 0 atom stereocenters. The molecule has 0 amide bonds. The molecule has 0 aliphatic heterocycles. The van der Waals surface area contributed by atoms with E-state index in [0.717, 1.165) is 0 Å². The zero-order chi connectivity index (χ0) is 7.40. The van der Waals surface area contributed by atoms with Crippen molar-refractivity contribution in [1.29, 1.82) is 0 Å². The molecule has 52 valence electrons. The summed E-state index contributed by atoms with van der Waals surface area (Å²) in [6.45, 7) is 2.08. The van der Waals surface area contributed by atoms with E-state index in [0.29, 0.717) is 0 Å². The van der Waals surface area contributed by atoms with Gasteiger partial charge < -0.3 is 0 Å². The third-order valence-corrected chi connectivity index (χ3v) is 1.46. The number of nitrogens with zero attached hydrogens (tertiary/aromatic N) is 1. The molecule has 1 rings (SSSR count). The molecule has 1 aromatic carbocycles. The van der Waals surface area contributed by atoms with Crippen LogP contribution in [0.15, 0.2) is 29.3 Å². The summed E-state index contributed by atoms with van der Waals surface area (Å²) >= 11 is 0. The summed E-state index contributed by atoms with van der Waals surface area (Å²) in [5.41, 5.74) is 2.47. The van der Waals surface area contributed by atoms with Gasteiger partial charge in [0, 0.05) is 13.3 Å². The molecule has 10 heavy (non-hydrogen) atoms. The SMILES string of the molecule is CN=Cc1ccccc1C. The minimum absolute atomic E-state index is 1.20. The van der Waals surface area contributed by atoms with Crippen molar-refractivity contribution in [3.63, 3.8) is 0 Å². The molecular weight excluding hydrogens is 122 g/mol. The molecule has 0 fully saturated rings. The van der Waals surface area contributed by atoms with Gasteiger partial charge in [0.15, 0.2) is 0 Å². The maximum atomic E-state index is 3.94. The van der Waals surface area contributed by atoms with Crippen molar-refractivity contribution >= 4 is 6.21 Å². The average Bonchev–Trinajstić information content (AvgIpc) is 1.94. The van der Waals surface area contributed by atoms with E-state index in [1.807, 2.05) is 18.3 Å². The van der Waals surface area contributed by atoms with E-state index in [1.54, 1.807) is 7.05 Å². The van der Waals surface area contributed by atoms with Crippen LogP contribution >= 0.6 is 0 Å². The Labute approximate surface area is 61.4 Å². The highest BCUT2D eigenvalue weighted by atomic mass is 14.6. The topological polar surface area (TPSA) is 12.4 Å². The fraction of sp³-hybridized carbons (Fsp3) is 0.222. The van der Waals surface area contributed by atoms with E-state index in [-0.39, 0.29) is 0 Å². The standard InChI is InChI=1S/C9H11N/c1-8-5-3-4-6-9(8)7-10-2/h3-7H,1-2H3. The highest BCUT2D eigenvalue weighted by Gasteiger charge is 1.88. The lowest BCUT2D eigenvalue weighted by molar-refractivity contribution is 1.41. The Balaban J connectivity index is 3.03. The summed E-state index contributed by atoms with van der Waals surface area (Å²) in [4.78, 5) is 3.94. The van der Waals surface area contributed by atoms with Crippen LogP contribution in [0.25, 0.3) is 0 Å². The van der Waals surface area contributed by atoms with Crippen LogP contribution in [-0.2, 0) is 0 Å². The number of aliphatic imine (C=N–C) groups is 1. The highest BCUT2D eigenvalue weighted by molar-refractivity contribution is 5.81. The molecule has 0 spiro atoms. The van der Waals surface area contributed by atoms with E-state index < -0.39 is 0 Å². The van der Waals surface area contributed by atoms with Crippen molar-refractivity contribution in [3.05, 3.63) is 35.4 Å². The van der Waals surface area contributed by atoms with Crippen LogP contribution in [-0.4, -0.2) is 13.3 Å². The first-order valence-electron chi connectivity index (χ1n) is 3.32. The maximum Gasteiger partial charge on any atom is 0.0284 e. The summed E-state index contributed by atoms with van der Waals surface area (Å²) in [5, 5.41) is 0. The number of hydrogen-bond acceptors (Lipinski definition) is 1. The van der Waals surface area contributed by atoms with Crippen molar-refractivity contribution in [2.75, 3.05) is 7.05 Å². The number of hydrogen-bond donors (Lipinski definition) is 0. The Hall–Kier alpha value is -1.11. The van der Waals surface area contributed by atoms with Crippen LogP contribution in [0.4, 0.5) is 0 Å². The van der Waals surface area contributed by atoms with Crippen LogP contribution in [0.1, 0.15) is 11.1 Å². The minimum Gasteiger partial charge on any atom is -0.296 e. The third kappa shape index (κ3) is 1.44. The predicted octanol–water partition coefficient (Wildman–Crippen LogP) is 2.04. The quantitative estimate of drug-likeness (QED) is 0.520. The van der Waals surface area contributed by atoms with Crippen molar-refractivity contribution in [2.45, 2.75) is 6.92 Å². The van der Waals surface area contributed by atoms with Gasteiger partial charge in [0.05, 0.1) is 0 Å². The Bertz CT molecular complexity index is 238. The Morgan fingerprint density at radius 2 is 2.00 bits per heavy atom. The van der Waals surface area contributed by atoms with Gasteiger partial charge in [-0.3, -0.25) is 4.99 Å². The van der Waals surface area contributed by atoms with E-state index in [2.05, 4.69) is 24.0 Å². The van der Waals surface area contributed by atoms with E-state index in [9.17, 15) is 0 Å². The van der Waals surface area contributed by atoms with Crippen LogP contribution < -0.4 is 0 Å². The van der Waals surface area contributed by atoms with Gasteiger partial charge in [-0.2, -0.15) is 0 Å². The molecule has 0 saturated heterocycles.